The second kappa shape index (κ2) is 9.10. The number of imidazole rings is 1. The SMILES string of the molecule is O=C(O)NCCCn1cnc(CNc2cccc3c2C(=O)N(C2CCC(=O)NC2=O)C3=O)c1. The van der Waals surface area contributed by atoms with E-state index in [0.717, 1.165) is 4.90 Å². The summed E-state index contributed by atoms with van der Waals surface area (Å²) in [4.78, 5) is 65.3. The second-order valence-corrected chi connectivity index (χ2v) is 7.72. The van der Waals surface area contributed by atoms with Crippen LogP contribution in [-0.4, -0.2) is 61.9 Å². The molecule has 1 fully saturated rings. The van der Waals surface area contributed by atoms with E-state index in [-0.39, 0.29) is 30.5 Å². The van der Waals surface area contributed by atoms with E-state index in [1.165, 1.54) is 6.07 Å². The summed E-state index contributed by atoms with van der Waals surface area (Å²) in [6, 6.07) is 3.84. The van der Waals surface area contributed by atoms with Crippen molar-refractivity contribution in [3.8, 4) is 0 Å². The van der Waals surface area contributed by atoms with Gasteiger partial charge in [0.25, 0.3) is 11.8 Å². The maximum absolute atomic E-state index is 13.1. The fourth-order valence-corrected chi connectivity index (χ4v) is 3.92. The molecule has 1 aromatic heterocycles. The van der Waals surface area contributed by atoms with Crippen LogP contribution in [0.15, 0.2) is 30.7 Å². The number of aromatic nitrogens is 2. The number of aryl methyl sites for hydroxylation is 1. The molecule has 2 aliphatic heterocycles. The molecule has 0 spiro atoms. The molecule has 5 amide bonds. The van der Waals surface area contributed by atoms with Crippen LogP contribution in [0.4, 0.5) is 10.5 Å². The Morgan fingerprint density at radius 2 is 2.03 bits per heavy atom. The highest BCUT2D eigenvalue weighted by Crippen LogP contribution is 2.32. The number of nitrogens with one attached hydrogen (secondary N) is 3. The van der Waals surface area contributed by atoms with Gasteiger partial charge in [-0.3, -0.25) is 29.4 Å². The molecule has 172 valence electrons. The second-order valence-electron chi connectivity index (χ2n) is 7.72. The molecular weight excluding hydrogens is 432 g/mol. The van der Waals surface area contributed by atoms with E-state index in [4.69, 9.17) is 5.11 Å². The summed E-state index contributed by atoms with van der Waals surface area (Å²) in [6.07, 6.45) is 3.13. The van der Waals surface area contributed by atoms with Crippen LogP contribution in [0.25, 0.3) is 0 Å². The summed E-state index contributed by atoms with van der Waals surface area (Å²) < 4.78 is 1.83. The fourth-order valence-electron chi connectivity index (χ4n) is 3.92. The Morgan fingerprint density at radius 1 is 1.21 bits per heavy atom. The molecule has 0 bridgehead atoms. The number of carbonyl (C=O) groups is 5. The maximum atomic E-state index is 13.1. The van der Waals surface area contributed by atoms with Crippen molar-refractivity contribution in [2.75, 3.05) is 11.9 Å². The number of anilines is 1. The zero-order valence-electron chi connectivity index (χ0n) is 17.5. The first-order chi connectivity index (χ1) is 15.8. The molecule has 33 heavy (non-hydrogen) atoms. The van der Waals surface area contributed by atoms with Gasteiger partial charge in [-0.25, -0.2) is 9.78 Å². The van der Waals surface area contributed by atoms with Crippen molar-refractivity contribution in [3.63, 3.8) is 0 Å². The summed E-state index contributed by atoms with van der Waals surface area (Å²) in [5, 5.41) is 16.2. The monoisotopic (exact) mass is 454 g/mol. The number of carboxylic acid groups (broad SMARTS) is 1. The first kappa shape index (κ1) is 22.0. The third kappa shape index (κ3) is 4.54. The Balaban J connectivity index is 1.43. The predicted molar refractivity (Wildman–Crippen MR) is 113 cm³/mol. The highest BCUT2D eigenvalue weighted by Gasteiger charge is 2.45. The molecule has 12 nitrogen and oxygen atoms in total. The van der Waals surface area contributed by atoms with Crippen LogP contribution >= 0.6 is 0 Å². The number of hydrogen-bond donors (Lipinski definition) is 4. The van der Waals surface area contributed by atoms with Crippen molar-refractivity contribution in [1.29, 1.82) is 0 Å². The van der Waals surface area contributed by atoms with E-state index in [1.807, 2.05) is 4.57 Å². The number of fused-ring (bicyclic) bond motifs is 1. The normalized spacial score (nSPS) is 17.7. The van der Waals surface area contributed by atoms with Crippen molar-refractivity contribution >= 4 is 35.4 Å². The van der Waals surface area contributed by atoms with Gasteiger partial charge in [-0.1, -0.05) is 6.07 Å². The van der Waals surface area contributed by atoms with Gasteiger partial charge in [-0.05, 0) is 25.0 Å². The number of amides is 5. The van der Waals surface area contributed by atoms with Gasteiger partial charge >= 0.3 is 6.09 Å². The Hall–Kier alpha value is -4.22. The molecule has 1 atom stereocenters. The summed E-state index contributed by atoms with van der Waals surface area (Å²) in [5.41, 5.74) is 1.52. The van der Waals surface area contributed by atoms with Gasteiger partial charge in [-0.15, -0.1) is 0 Å². The van der Waals surface area contributed by atoms with Crippen molar-refractivity contribution in [1.82, 2.24) is 25.1 Å². The maximum Gasteiger partial charge on any atom is 0.404 e. The quantitative estimate of drug-likeness (QED) is 0.332. The minimum atomic E-state index is -1.06. The first-order valence-electron chi connectivity index (χ1n) is 10.4. The zero-order valence-corrected chi connectivity index (χ0v) is 17.5. The van der Waals surface area contributed by atoms with Crippen LogP contribution in [0.5, 0.6) is 0 Å². The van der Waals surface area contributed by atoms with Gasteiger partial charge in [0, 0.05) is 31.4 Å². The lowest BCUT2D eigenvalue weighted by Crippen LogP contribution is -2.54. The Kier molecular flexibility index (Phi) is 6.07. The molecule has 1 saturated heterocycles. The summed E-state index contributed by atoms with van der Waals surface area (Å²) in [7, 11) is 0. The average molecular weight is 454 g/mol. The van der Waals surface area contributed by atoms with Crippen molar-refractivity contribution < 1.29 is 29.1 Å². The molecule has 4 rings (SSSR count). The Bertz CT molecular complexity index is 1140. The highest BCUT2D eigenvalue weighted by molar-refractivity contribution is 6.25. The fraction of sp³-hybridized carbons (Fsp3) is 0.333. The van der Waals surface area contributed by atoms with Gasteiger partial charge in [0.1, 0.15) is 6.04 Å². The molecule has 0 saturated carbocycles. The number of nitrogens with zero attached hydrogens (tertiary/aromatic N) is 3. The van der Waals surface area contributed by atoms with Crippen LogP contribution in [0.3, 0.4) is 0 Å². The van der Waals surface area contributed by atoms with Crippen molar-refractivity contribution in [2.24, 2.45) is 0 Å². The van der Waals surface area contributed by atoms with Gasteiger partial charge < -0.3 is 20.3 Å². The number of piperidine rings is 1. The summed E-state index contributed by atoms with van der Waals surface area (Å²) in [6.45, 7) is 1.20. The standard InChI is InChI=1S/C21H22N6O6/c28-16-6-5-15(18(29)25-16)27-19(30)13-3-1-4-14(17(13)20(27)31)23-9-12-10-26(11-24-12)8-2-7-22-21(32)33/h1,3-4,10-11,15,22-23H,2,5-9H2,(H,32,33)(H,25,28,29). The topological polar surface area (TPSA) is 163 Å². The largest absolute Gasteiger partial charge is 0.465 e. The number of imide groups is 2. The minimum absolute atomic E-state index is 0.0595. The Labute approximate surface area is 188 Å². The summed E-state index contributed by atoms with van der Waals surface area (Å²) in [5.74, 6) is -2.22. The first-order valence-corrected chi connectivity index (χ1v) is 10.4. The molecule has 12 heteroatoms. The molecular formula is C21H22N6O6. The van der Waals surface area contributed by atoms with Crippen LogP contribution in [0, 0.1) is 0 Å². The molecule has 2 aliphatic rings. The molecule has 2 aromatic rings. The third-order valence-electron chi connectivity index (χ3n) is 5.48. The van der Waals surface area contributed by atoms with Crippen LogP contribution in [-0.2, 0) is 22.7 Å². The van der Waals surface area contributed by atoms with E-state index < -0.39 is 35.8 Å². The lowest BCUT2D eigenvalue weighted by Gasteiger charge is -2.27. The smallest absolute Gasteiger partial charge is 0.404 e. The summed E-state index contributed by atoms with van der Waals surface area (Å²) >= 11 is 0. The van der Waals surface area contributed by atoms with E-state index in [9.17, 15) is 24.0 Å². The third-order valence-corrected chi connectivity index (χ3v) is 5.48. The average Bonchev–Trinajstić information content (AvgIpc) is 3.33. The minimum Gasteiger partial charge on any atom is -0.465 e. The molecule has 1 aromatic carbocycles. The zero-order chi connectivity index (χ0) is 23.5. The van der Waals surface area contributed by atoms with Crippen LogP contribution in [0.1, 0.15) is 45.7 Å². The highest BCUT2D eigenvalue weighted by atomic mass is 16.4. The van der Waals surface area contributed by atoms with E-state index >= 15 is 0 Å². The van der Waals surface area contributed by atoms with Crippen molar-refractivity contribution in [2.45, 2.75) is 38.4 Å². The molecule has 3 heterocycles. The van der Waals surface area contributed by atoms with Gasteiger partial charge in [0.05, 0.1) is 29.7 Å². The molecule has 0 aliphatic carbocycles. The lowest BCUT2D eigenvalue weighted by molar-refractivity contribution is -0.136. The number of benzene rings is 1. The van der Waals surface area contributed by atoms with Gasteiger partial charge in [0.2, 0.25) is 11.8 Å². The predicted octanol–water partition coefficient (Wildman–Crippen LogP) is 0.554. The lowest BCUT2D eigenvalue weighted by atomic mass is 10.0. The van der Waals surface area contributed by atoms with E-state index in [2.05, 4.69) is 20.9 Å². The number of rotatable bonds is 8. The molecule has 4 N–H and O–H groups in total. The number of hydrogen-bond acceptors (Lipinski definition) is 7. The van der Waals surface area contributed by atoms with E-state index in [0.29, 0.717) is 30.9 Å². The Morgan fingerprint density at radius 3 is 2.79 bits per heavy atom. The van der Waals surface area contributed by atoms with Crippen LogP contribution < -0.4 is 16.0 Å². The van der Waals surface area contributed by atoms with Gasteiger partial charge in [0.15, 0.2) is 0 Å². The molecule has 0 radical (unpaired) electrons. The van der Waals surface area contributed by atoms with Crippen molar-refractivity contribution in [3.05, 3.63) is 47.5 Å². The van der Waals surface area contributed by atoms with Gasteiger partial charge in [-0.2, -0.15) is 0 Å². The van der Waals surface area contributed by atoms with E-state index in [1.54, 1.807) is 24.7 Å². The molecule has 1 unspecified atom stereocenters. The number of carbonyl (C=O) groups excluding carboxylic acids is 4. The van der Waals surface area contributed by atoms with Crippen LogP contribution in [0.2, 0.25) is 0 Å².